The van der Waals surface area contributed by atoms with Gasteiger partial charge in [0, 0.05) is 19.4 Å². The molecule has 0 fully saturated rings. The van der Waals surface area contributed by atoms with Gasteiger partial charge >= 0.3 is 0 Å². The Morgan fingerprint density at radius 3 is 1.42 bits per heavy atom. The van der Waals surface area contributed by atoms with Crippen molar-refractivity contribution in [2.24, 2.45) is 7.05 Å². The van der Waals surface area contributed by atoms with Crippen LogP contribution < -0.4 is 0 Å². The summed E-state index contributed by atoms with van der Waals surface area (Å²) in [6.45, 7) is 12.0. The van der Waals surface area contributed by atoms with E-state index in [0.29, 0.717) is 0 Å². The molecule has 0 saturated carbocycles. The van der Waals surface area contributed by atoms with Gasteiger partial charge in [0.15, 0.2) is 0 Å². The highest BCUT2D eigenvalue weighted by Crippen LogP contribution is 1.73. The second-order valence-corrected chi connectivity index (χ2v) is 1.18. The van der Waals surface area contributed by atoms with Crippen molar-refractivity contribution in [3.8, 4) is 0 Å². The lowest BCUT2D eigenvalue weighted by Crippen LogP contribution is -1.83. The molecule has 0 aliphatic heterocycles. The first-order chi connectivity index (χ1) is 5.89. The summed E-state index contributed by atoms with van der Waals surface area (Å²) in [5, 5.41) is 3.83. The maximum absolute atomic E-state index is 3.83. The first-order valence-electron chi connectivity index (χ1n) is 4.83. The molecule has 0 aromatic carbocycles. The number of aromatic nitrogens is 2. The van der Waals surface area contributed by atoms with E-state index in [1.807, 2.05) is 60.9 Å². The van der Waals surface area contributed by atoms with Crippen molar-refractivity contribution in [3.63, 3.8) is 0 Å². The molecule has 1 aromatic rings. The summed E-state index contributed by atoms with van der Waals surface area (Å²) in [5.41, 5.74) is 0. The molecule has 2 heteroatoms. The van der Waals surface area contributed by atoms with Crippen molar-refractivity contribution in [3.05, 3.63) is 18.5 Å². The van der Waals surface area contributed by atoms with Gasteiger partial charge in [0.05, 0.1) is 0 Å². The number of hydrogen-bond donors (Lipinski definition) is 0. The number of rotatable bonds is 0. The molecule has 1 rings (SSSR count). The van der Waals surface area contributed by atoms with E-state index in [1.54, 1.807) is 10.9 Å². The van der Waals surface area contributed by atoms with Crippen molar-refractivity contribution >= 4 is 0 Å². The molecular weight excluding hydrogens is 148 g/mol. The van der Waals surface area contributed by atoms with E-state index in [1.165, 1.54) is 0 Å². The number of nitrogens with zero attached hydrogens (tertiary/aromatic N) is 2. The molecule has 1 heterocycles. The van der Waals surface area contributed by atoms with Gasteiger partial charge < -0.3 is 0 Å². The van der Waals surface area contributed by atoms with Crippen molar-refractivity contribution < 1.29 is 0 Å². The molecule has 0 radical (unpaired) electrons. The molecule has 0 bridgehead atoms. The van der Waals surface area contributed by atoms with E-state index >= 15 is 0 Å². The van der Waals surface area contributed by atoms with Crippen LogP contribution in [0.4, 0.5) is 0 Å². The van der Waals surface area contributed by atoms with Crippen LogP contribution in [0.1, 0.15) is 41.5 Å². The molecule has 12 heavy (non-hydrogen) atoms. The van der Waals surface area contributed by atoms with Crippen LogP contribution in [0.15, 0.2) is 18.5 Å². The number of hydrogen-bond acceptors (Lipinski definition) is 1. The Hall–Kier alpha value is -0.790. The lowest BCUT2D eigenvalue weighted by atomic mass is 10.8. The molecule has 0 spiro atoms. The monoisotopic (exact) mass is 172 g/mol. The number of aryl methyl sites for hydroxylation is 1. The summed E-state index contributed by atoms with van der Waals surface area (Å²) >= 11 is 0. The highest BCUT2D eigenvalue weighted by molar-refractivity contribution is 4.75. The van der Waals surface area contributed by atoms with Crippen LogP contribution in [0, 0.1) is 0 Å². The molecular formula is C10H24N2. The van der Waals surface area contributed by atoms with Gasteiger partial charge in [-0.2, -0.15) is 5.10 Å². The normalized spacial score (nSPS) is 5.92. The van der Waals surface area contributed by atoms with E-state index in [0.717, 1.165) is 0 Å². The highest BCUT2D eigenvalue weighted by atomic mass is 15.2. The lowest BCUT2D eigenvalue weighted by Gasteiger charge is -1.77. The first-order valence-corrected chi connectivity index (χ1v) is 4.83. The van der Waals surface area contributed by atoms with Crippen molar-refractivity contribution in [2.45, 2.75) is 41.5 Å². The van der Waals surface area contributed by atoms with Crippen LogP contribution in [0.3, 0.4) is 0 Å². The summed E-state index contributed by atoms with van der Waals surface area (Å²) in [5.74, 6) is 0. The van der Waals surface area contributed by atoms with Gasteiger partial charge in [-0.25, -0.2) is 0 Å². The predicted octanol–water partition coefficient (Wildman–Crippen LogP) is 3.50. The van der Waals surface area contributed by atoms with Crippen molar-refractivity contribution in [1.29, 1.82) is 0 Å². The Balaban J connectivity index is -0.000000117. The molecule has 0 aliphatic carbocycles. The zero-order chi connectivity index (χ0) is 10.4. The average molecular weight is 172 g/mol. The molecule has 0 aliphatic rings. The van der Waals surface area contributed by atoms with E-state index in [4.69, 9.17) is 0 Å². The van der Waals surface area contributed by atoms with Crippen LogP contribution >= 0.6 is 0 Å². The molecule has 2 nitrogen and oxygen atoms in total. The summed E-state index contributed by atoms with van der Waals surface area (Å²) in [4.78, 5) is 0. The third-order valence-corrected chi connectivity index (χ3v) is 0.637. The largest absolute Gasteiger partial charge is 0.276 e. The third-order valence-electron chi connectivity index (χ3n) is 0.637. The zero-order valence-corrected chi connectivity index (χ0v) is 9.63. The van der Waals surface area contributed by atoms with Crippen LogP contribution in [-0.4, -0.2) is 9.78 Å². The van der Waals surface area contributed by atoms with Gasteiger partial charge in [-0.3, -0.25) is 4.68 Å². The fraction of sp³-hybridized carbons (Fsp3) is 0.700. The van der Waals surface area contributed by atoms with Crippen molar-refractivity contribution in [1.82, 2.24) is 9.78 Å². The predicted molar refractivity (Wildman–Crippen MR) is 57.3 cm³/mol. The quantitative estimate of drug-likeness (QED) is 0.585. The Labute approximate surface area is 77.6 Å². The highest BCUT2D eigenvalue weighted by Gasteiger charge is 1.69. The molecule has 0 saturated heterocycles. The zero-order valence-electron chi connectivity index (χ0n) is 9.63. The van der Waals surface area contributed by atoms with Crippen LogP contribution in [0.5, 0.6) is 0 Å². The van der Waals surface area contributed by atoms with Crippen LogP contribution in [0.25, 0.3) is 0 Å². The van der Waals surface area contributed by atoms with Gasteiger partial charge in [0.2, 0.25) is 0 Å². The fourth-order valence-electron chi connectivity index (χ4n) is 0.345. The average Bonchev–Trinajstić information content (AvgIpc) is 2.66. The molecule has 0 unspecified atom stereocenters. The Kier molecular flexibility index (Phi) is 32.4. The smallest absolute Gasteiger partial charge is 0.0489 e. The topological polar surface area (TPSA) is 17.8 Å². The van der Waals surface area contributed by atoms with E-state index < -0.39 is 0 Å². The molecule has 0 N–H and O–H groups in total. The van der Waals surface area contributed by atoms with Crippen LogP contribution in [-0.2, 0) is 7.05 Å². The van der Waals surface area contributed by atoms with Gasteiger partial charge in [0.1, 0.15) is 0 Å². The van der Waals surface area contributed by atoms with E-state index in [9.17, 15) is 0 Å². The molecule has 1 aromatic heterocycles. The minimum atomic E-state index is 1.75. The first kappa shape index (κ1) is 17.3. The summed E-state index contributed by atoms with van der Waals surface area (Å²) < 4.78 is 1.75. The van der Waals surface area contributed by atoms with E-state index in [-0.39, 0.29) is 0 Å². The fourth-order valence-corrected chi connectivity index (χ4v) is 0.345. The van der Waals surface area contributed by atoms with Gasteiger partial charge in [0.25, 0.3) is 0 Å². The molecule has 0 amide bonds. The van der Waals surface area contributed by atoms with E-state index in [2.05, 4.69) is 5.10 Å². The summed E-state index contributed by atoms with van der Waals surface area (Å²) in [6, 6.07) is 1.89. The Morgan fingerprint density at radius 2 is 1.33 bits per heavy atom. The summed E-state index contributed by atoms with van der Waals surface area (Å²) in [6.07, 6.45) is 3.64. The lowest BCUT2D eigenvalue weighted by molar-refractivity contribution is 0.768. The third kappa shape index (κ3) is 16.1. The second-order valence-electron chi connectivity index (χ2n) is 1.18. The van der Waals surface area contributed by atoms with Crippen LogP contribution in [0.2, 0.25) is 0 Å². The van der Waals surface area contributed by atoms with Gasteiger partial charge in [-0.05, 0) is 6.07 Å². The summed E-state index contributed by atoms with van der Waals surface area (Å²) in [7, 11) is 1.89. The maximum atomic E-state index is 3.83. The SMILES string of the molecule is CC.CC.CC.Cn1cccn1. The molecule has 0 atom stereocenters. The van der Waals surface area contributed by atoms with Gasteiger partial charge in [-0.15, -0.1) is 0 Å². The molecule has 74 valence electrons. The van der Waals surface area contributed by atoms with Gasteiger partial charge in [-0.1, -0.05) is 41.5 Å². The minimum absolute atomic E-state index is 1.75. The Bertz CT molecular complexity index is 111. The second kappa shape index (κ2) is 22.5. The Morgan fingerprint density at radius 1 is 0.917 bits per heavy atom. The minimum Gasteiger partial charge on any atom is -0.276 e. The standard InChI is InChI=1S/C4H6N2.3C2H6/c1-6-4-2-3-5-6;3*1-2/h2-4H,1H3;3*1-2H3. The van der Waals surface area contributed by atoms with Crippen molar-refractivity contribution in [2.75, 3.05) is 0 Å². The maximum Gasteiger partial charge on any atom is 0.0489 e.